The number of rotatable bonds is 6. The van der Waals surface area contributed by atoms with Gasteiger partial charge < -0.3 is 4.74 Å². The number of piperidine rings is 1. The van der Waals surface area contributed by atoms with Gasteiger partial charge in [-0.15, -0.1) is 0 Å². The molecule has 2 aromatic rings. The molecule has 3 heterocycles. The Bertz CT molecular complexity index is 798. The lowest BCUT2D eigenvalue weighted by Gasteiger charge is -2.31. The maximum absolute atomic E-state index is 6.10. The molecule has 0 atom stereocenters. The Morgan fingerprint density at radius 1 is 1.19 bits per heavy atom. The van der Waals surface area contributed by atoms with Crippen LogP contribution in [0.2, 0.25) is 0 Å². The van der Waals surface area contributed by atoms with E-state index in [9.17, 15) is 0 Å². The van der Waals surface area contributed by atoms with Crippen LogP contribution < -0.4 is 4.74 Å². The van der Waals surface area contributed by atoms with Crippen LogP contribution in [-0.4, -0.2) is 51.0 Å². The quantitative estimate of drug-likeness (QED) is 0.606. The summed E-state index contributed by atoms with van der Waals surface area (Å²) in [5.41, 5.74) is 6.19. The van der Waals surface area contributed by atoms with Crippen molar-refractivity contribution >= 4 is 11.8 Å². The summed E-state index contributed by atoms with van der Waals surface area (Å²) in [6, 6.07) is 0. The summed E-state index contributed by atoms with van der Waals surface area (Å²) in [4.78, 5) is 11.6. The fourth-order valence-electron chi connectivity index (χ4n) is 4.05. The molecular formula is C20H29N5OS. The second-order valence-corrected chi connectivity index (χ2v) is 8.51. The van der Waals surface area contributed by atoms with E-state index in [1.54, 1.807) is 11.8 Å². The summed E-state index contributed by atoms with van der Waals surface area (Å²) < 4.78 is 6.10. The van der Waals surface area contributed by atoms with Crippen LogP contribution in [0.5, 0.6) is 5.88 Å². The minimum Gasteiger partial charge on any atom is -0.477 e. The van der Waals surface area contributed by atoms with E-state index in [1.165, 1.54) is 49.1 Å². The number of nitrogens with one attached hydrogen (secondary N) is 1. The lowest BCUT2D eigenvalue weighted by molar-refractivity contribution is 0.132. The third-order valence-corrected chi connectivity index (χ3v) is 6.48. The van der Waals surface area contributed by atoms with Gasteiger partial charge in [-0.05, 0) is 76.8 Å². The van der Waals surface area contributed by atoms with Crippen LogP contribution >= 0.6 is 11.8 Å². The zero-order valence-electron chi connectivity index (χ0n) is 16.5. The average Bonchev–Trinajstić information content (AvgIpc) is 3.29. The number of hydrogen-bond donors (Lipinski definition) is 1. The predicted octanol–water partition coefficient (Wildman–Crippen LogP) is 3.32. The van der Waals surface area contributed by atoms with Gasteiger partial charge in [0.25, 0.3) is 0 Å². The Hall–Kier alpha value is -1.60. The summed E-state index contributed by atoms with van der Waals surface area (Å²) >= 11 is 1.56. The lowest BCUT2D eigenvalue weighted by atomic mass is 9.97. The van der Waals surface area contributed by atoms with E-state index in [0.29, 0.717) is 5.92 Å². The third kappa shape index (κ3) is 4.14. The highest BCUT2D eigenvalue weighted by molar-refractivity contribution is 7.98. The molecule has 146 valence electrons. The van der Waals surface area contributed by atoms with Crippen LogP contribution in [0.3, 0.4) is 0 Å². The van der Waals surface area contributed by atoms with E-state index in [-0.39, 0.29) is 0 Å². The first kappa shape index (κ1) is 18.7. The van der Waals surface area contributed by atoms with Crippen LogP contribution in [0.4, 0.5) is 0 Å². The van der Waals surface area contributed by atoms with Crippen LogP contribution in [-0.2, 0) is 19.4 Å². The maximum Gasteiger partial charge on any atom is 0.220 e. The van der Waals surface area contributed by atoms with Gasteiger partial charge in [-0.1, -0.05) is 11.8 Å². The number of fused-ring (bicyclic) bond motifs is 1. The van der Waals surface area contributed by atoms with Crippen molar-refractivity contribution in [3.63, 3.8) is 0 Å². The number of nitrogens with zero attached hydrogens (tertiary/aromatic N) is 4. The first-order chi connectivity index (χ1) is 13.1. The summed E-state index contributed by atoms with van der Waals surface area (Å²) in [6.45, 7) is 8.03. The number of hydrogen-bond acceptors (Lipinski definition) is 6. The minimum atomic E-state index is 0.596. The van der Waals surface area contributed by atoms with Gasteiger partial charge in [-0.3, -0.25) is 10.00 Å². The number of aromatic amines is 1. The largest absolute Gasteiger partial charge is 0.477 e. The Morgan fingerprint density at radius 2 is 2.00 bits per heavy atom. The molecule has 0 saturated carbocycles. The SMILES string of the molecule is CSc1nc(C)c(C)c(OCC2CCN(Cc3n[nH]c4c3CCC4)CC2)n1. The molecule has 0 aromatic carbocycles. The average molecular weight is 388 g/mol. The summed E-state index contributed by atoms with van der Waals surface area (Å²) in [5.74, 6) is 1.35. The molecule has 0 bridgehead atoms. The number of aromatic nitrogens is 4. The molecule has 2 aromatic heterocycles. The molecule has 1 aliphatic heterocycles. The lowest BCUT2D eigenvalue weighted by Crippen LogP contribution is -2.35. The van der Waals surface area contributed by atoms with Gasteiger partial charge in [-0.2, -0.15) is 10.1 Å². The van der Waals surface area contributed by atoms with Crippen molar-refractivity contribution in [3.8, 4) is 5.88 Å². The molecule has 1 saturated heterocycles. The fraction of sp³-hybridized carbons (Fsp3) is 0.650. The van der Waals surface area contributed by atoms with Crippen LogP contribution in [0.25, 0.3) is 0 Å². The fourth-order valence-corrected chi connectivity index (χ4v) is 4.45. The first-order valence-electron chi connectivity index (χ1n) is 9.93. The van der Waals surface area contributed by atoms with E-state index in [2.05, 4.69) is 25.1 Å². The van der Waals surface area contributed by atoms with Crippen molar-refractivity contribution in [1.29, 1.82) is 0 Å². The number of likely N-dealkylation sites (tertiary alicyclic amines) is 1. The van der Waals surface area contributed by atoms with Crippen LogP contribution in [0, 0.1) is 19.8 Å². The van der Waals surface area contributed by atoms with Crippen LogP contribution in [0.15, 0.2) is 5.16 Å². The van der Waals surface area contributed by atoms with Gasteiger partial charge in [0, 0.05) is 23.5 Å². The number of thioether (sulfide) groups is 1. The highest BCUT2D eigenvalue weighted by Gasteiger charge is 2.24. The first-order valence-corrected chi connectivity index (χ1v) is 11.2. The zero-order valence-corrected chi connectivity index (χ0v) is 17.4. The summed E-state index contributed by atoms with van der Waals surface area (Å²) in [5, 5.41) is 8.57. The highest BCUT2D eigenvalue weighted by Crippen LogP contribution is 2.27. The number of ether oxygens (including phenoxy) is 1. The van der Waals surface area contributed by atoms with Crippen molar-refractivity contribution in [2.75, 3.05) is 26.0 Å². The van der Waals surface area contributed by atoms with Crippen molar-refractivity contribution < 1.29 is 4.74 Å². The molecule has 0 amide bonds. The minimum absolute atomic E-state index is 0.596. The van der Waals surface area contributed by atoms with Crippen molar-refractivity contribution in [3.05, 3.63) is 28.2 Å². The Kier molecular flexibility index (Phi) is 5.68. The second kappa shape index (κ2) is 8.19. The van der Waals surface area contributed by atoms with Gasteiger partial charge in [0.15, 0.2) is 5.16 Å². The normalized spacial score (nSPS) is 18.0. The van der Waals surface area contributed by atoms with E-state index < -0.39 is 0 Å². The molecule has 0 radical (unpaired) electrons. The van der Waals surface area contributed by atoms with Gasteiger partial charge >= 0.3 is 0 Å². The van der Waals surface area contributed by atoms with Gasteiger partial charge in [0.2, 0.25) is 5.88 Å². The predicted molar refractivity (Wildman–Crippen MR) is 107 cm³/mol. The molecule has 1 N–H and O–H groups in total. The van der Waals surface area contributed by atoms with Gasteiger partial charge in [0.05, 0.1) is 12.3 Å². The molecule has 2 aliphatic rings. The van der Waals surface area contributed by atoms with Crippen molar-refractivity contribution in [1.82, 2.24) is 25.1 Å². The molecule has 0 unspecified atom stereocenters. The topological polar surface area (TPSA) is 66.9 Å². The Balaban J connectivity index is 1.28. The molecule has 0 spiro atoms. The molecule has 1 aliphatic carbocycles. The van der Waals surface area contributed by atoms with Crippen molar-refractivity contribution in [2.24, 2.45) is 5.92 Å². The molecule has 4 rings (SSSR count). The molecule has 7 heteroatoms. The van der Waals surface area contributed by atoms with E-state index in [4.69, 9.17) is 4.74 Å². The van der Waals surface area contributed by atoms with Gasteiger partial charge in [-0.25, -0.2) is 4.98 Å². The van der Waals surface area contributed by atoms with Gasteiger partial charge in [0.1, 0.15) is 0 Å². The van der Waals surface area contributed by atoms with E-state index in [1.807, 2.05) is 20.1 Å². The third-order valence-electron chi connectivity index (χ3n) is 5.93. The number of aryl methyl sites for hydroxylation is 2. The zero-order chi connectivity index (χ0) is 18.8. The molecular weight excluding hydrogens is 358 g/mol. The van der Waals surface area contributed by atoms with E-state index >= 15 is 0 Å². The Morgan fingerprint density at radius 3 is 2.78 bits per heavy atom. The smallest absolute Gasteiger partial charge is 0.220 e. The van der Waals surface area contributed by atoms with E-state index in [0.717, 1.165) is 48.5 Å². The monoisotopic (exact) mass is 387 g/mol. The molecule has 6 nitrogen and oxygen atoms in total. The summed E-state index contributed by atoms with van der Waals surface area (Å²) in [6.07, 6.45) is 7.98. The standard InChI is InChI=1S/C20H29N5OS/c1-13-14(2)21-20(27-3)22-19(13)26-12-15-7-9-25(10-8-15)11-18-16-5-4-6-17(16)23-24-18/h15H,4-12H2,1-3H3,(H,23,24). The number of H-pyrrole nitrogens is 1. The maximum atomic E-state index is 6.10. The molecule has 1 fully saturated rings. The summed E-state index contributed by atoms with van der Waals surface area (Å²) in [7, 11) is 0. The Labute approximate surface area is 165 Å². The second-order valence-electron chi connectivity index (χ2n) is 7.74. The van der Waals surface area contributed by atoms with Crippen LogP contribution in [0.1, 0.15) is 47.5 Å². The molecule has 27 heavy (non-hydrogen) atoms. The van der Waals surface area contributed by atoms with Crippen molar-refractivity contribution in [2.45, 2.75) is 57.7 Å². The highest BCUT2D eigenvalue weighted by atomic mass is 32.2.